The molecule has 19 heavy (non-hydrogen) atoms. The number of imide groups is 1. The van der Waals surface area contributed by atoms with Gasteiger partial charge in [-0.25, -0.2) is 9.18 Å². The Morgan fingerprint density at radius 2 is 2.05 bits per heavy atom. The van der Waals surface area contributed by atoms with Crippen LogP contribution in [0.15, 0.2) is 24.3 Å². The fourth-order valence-corrected chi connectivity index (χ4v) is 2.13. The van der Waals surface area contributed by atoms with Crippen LogP contribution in [-0.4, -0.2) is 37.1 Å². The molecule has 6 heteroatoms. The third-order valence-electron chi connectivity index (χ3n) is 3.21. The molecule has 1 heterocycles. The number of benzene rings is 1. The Labute approximate surface area is 110 Å². The highest BCUT2D eigenvalue weighted by Gasteiger charge is 2.49. The Morgan fingerprint density at radius 3 is 2.68 bits per heavy atom. The van der Waals surface area contributed by atoms with Gasteiger partial charge in [0, 0.05) is 12.7 Å². The zero-order valence-electron chi connectivity index (χ0n) is 10.8. The van der Waals surface area contributed by atoms with Crippen molar-refractivity contribution in [2.24, 2.45) is 0 Å². The first-order valence-corrected chi connectivity index (χ1v) is 5.88. The number of carbonyl (C=O) groups excluding carboxylic acids is 2. The van der Waals surface area contributed by atoms with Crippen molar-refractivity contribution in [2.45, 2.75) is 12.5 Å². The Morgan fingerprint density at radius 1 is 1.37 bits per heavy atom. The molecule has 1 aliphatic rings. The van der Waals surface area contributed by atoms with Crippen molar-refractivity contribution in [1.29, 1.82) is 0 Å². The summed E-state index contributed by atoms with van der Waals surface area (Å²) >= 11 is 0. The van der Waals surface area contributed by atoms with Crippen LogP contribution in [0, 0.1) is 5.82 Å². The summed E-state index contributed by atoms with van der Waals surface area (Å²) in [7, 11) is 1.48. The van der Waals surface area contributed by atoms with Crippen LogP contribution in [0.25, 0.3) is 0 Å². The van der Waals surface area contributed by atoms with Gasteiger partial charge in [0.05, 0.1) is 13.2 Å². The zero-order valence-corrected chi connectivity index (χ0v) is 10.8. The minimum atomic E-state index is -1.36. The molecule has 0 aliphatic carbocycles. The molecule has 1 saturated heterocycles. The van der Waals surface area contributed by atoms with E-state index >= 15 is 0 Å². The van der Waals surface area contributed by atoms with E-state index in [-0.39, 0.29) is 18.7 Å². The van der Waals surface area contributed by atoms with Crippen molar-refractivity contribution in [1.82, 2.24) is 10.2 Å². The van der Waals surface area contributed by atoms with Gasteiger partial charge >= 0.3 is 6.03 Å². The predicted molar refractivity (Wildman–Crippen MR) is 65.9 cm³/mol. The van der Waals surface area contributed by atoms with E-state index in [1.807, 2.05) is 0 Å². The number of hydrogen-bond donors (Lipinski definition) is 1. The Balaban J connectivity index is 2.33. The molecule has 0 radical (unpaired) electrons. The van der Waals surface area contributed by atoms with Gasteiger partial charge < -0.3 is 10.1 Å². The Kier molecular flexibility index (Phi) is 3.53. The molecule has 3 amide bonds. The molecule has 102 valence electrons. The number of urea groups is 1. The van der Waals surface area contributed by atoms with Gasteiger partial charge in [-0.1, -0.05) is 18.2 Å². The van der Waals surface area contributed by atoms with E-state index in [9.17, 15) is 14.0 Å². The highest BCUT2D eigenvalue weighted by Crippen LogP contribution is 2.30. The first-order chi connectivity index (χ1) is 9.00. The lowest BCUT2D eigenvalue weighted by atomic mass is 9.91. The van der Waals surface area contributed by atoms with Crippen LogP contribution < -0.4 is 5.32 Å². The van der Waals surface area contributed by atoms with E-state index in [0.717, 1.165) is 4.90 Å². The molecule has 2 rings (SSSR count). The lowest BCUT2D eigenvalue weighted by molar-refractivity contribution is -0.131. The number of nitrogens with zero attached hydrogens (tertiary/aromatic N) is 1. The van der Waals surface area contributed by atoms with E-state index in [1.165, 1.54) is 32.2 Å². The van der Waals surface area contributed by atoms with Crippen LogP contribution in [0.4, 0.5) is 9.18 Å². The fourth-order valence-electron chi connectivity index (χ4n) is 2.13. The van der Waals surface area contributed by atoms with E-state index in [0.29, 0.717) is 0 Å². The van der Waals surface area contributed by atoms with Crippen molar-refractivity contribution >= 4 is 11.9 Å². The highest BCUT2D eigenvalue weighted by atomic mass is 19.1. The monoisotopic (exact) mass is 266 g/mol. The Hall–Kier alpha value is -1.95. The lowest BCUT2D eigenvalue weighted by Crippen LogP contribution is -2.42. The summed E-state index contributed by atoms with van der Waals surface area (Å²) in [5.41, 5.74) is -1.20. The lowest BCUT2D eigenvalue weighted by Gasteiger charge is -2.22. The van der Waals surface area contributed by atoms with Crippen LogP contribution in [0.3, 0.4) is 0 Å². The molecular weight excluding hydrogens is 251 g/mol. The van der Waals surface area contributed by atoms with Crippen LogP contribution in [0.5, 0.6) is 0 Å². The normalized spacial score (nSPS) is 22.8. The molecule has 1 aromatic carbocycles. The molecule has 1 fully saturated rings. The summed E-state index contributed by atoms with van der Waals surface area (Å²) in [6.45, 7) is 1.89. The third kappa shape index (κ3) is 2.19. The summed E-state index contributed by atoms with van der Waals surface area (Å²) in [4.78, 5) is 25.2. The fraction of sp³-hybridized carbons (Fsp3) is 0.385. The molecule has 1 N–H and O–H groups in total. The smallest absolute Gasteiger partial charge is 0.325 e. The summed E-state index contributed by atoms with van der Waals surface area (Å²) in [5, 5.41) is 2.54. The number of hydrogen-bond acceptors (Lipinski definition) is 3. The number of amides is 3. The van der Waals surface area contributed by atoms with Crippen LogP contribution in [-0.2, 0) is 15.1 Å². The number of halogens is 1. The largest absolute Gasteiger partial charge is 0.383 e. The van der Waals surface area contributed by atoms with Crippen molar-refractivity contribution < 1.29 is 18.7 Å². The molecule has 1 aliphatic heterocycles. The first kappa shape index (κ1) is 13.5. The van der Waals surface area contributed by atoms with Gasteiger partial charge in [-0.15, -0.1) is 0 Å². The number of ether oxygens (including phenoxy) is 1. The Bertz CT molecular complexity index is 520. The molecule has 0 spiro atoms. The molecule has 1 unspecified atom stereocenters. The van der Waals surface area contributed by atoms with Gasteiger partial charge in [0.15, 0.2) is 0 Å². The second-order valence-corrected chi connectivity index (χ2v) is 4.48. The van der Waals surface area contributed by atoms with E-state index in [1.54, 1.807) is 6.07 Å². The molecule has 5 nitrogen and oxygen atoms in total. The average molecular weight is 266 g/mol. The van der Waals surface area contributed by atoms with E-state index in [4.69, 9.17) is 4.74 Å². The van der Waals surface area contributed by atoms with Crippen molar-refractivity contribution in [2.75, 3.05) is 20.3 Å². The van der Waals surface area contributed by atoms with Crippen LogP contribution in [0.2, 0.25) is 0 Å². The second-order valence-electron chi connectivity index (χ2n) is 4.48. The number of carbonyl (C=O) groups is 2. The van der Waals surface area contributed by atoms with Crippen molar-refractivity contribution in [3.8, 4) is 0 Å². The summed E-state index contributed by atoms with van der Waals surface area (Å²) in [6.07, 6.45) is 0. The molecule has 1 aromatic rings. The van der Waals surface area contributed by atoms with Crippen LogP contribution >= 0.6 is 0 Å². The minimum absolute atomic E-state index is 0.144. The van der Waals surface area contributed by atoms with Gasteiger partial charge in [0.2, 0.25) is 0 Å². The van der Waals surface area contributed by atoms with Gasteiger partial charge in [-0.05, 0) is 13.0 Å². The highest BCUT2D eigenvalue weighted by molar-refractivity contribution is 6.07. The number of rotatable bonds is 4. The topological polar surface area (TPSA) is 58.6 Å². The van der Waals surface area contributed by atoms with Gasteiger partial charge in [0.1, 0.15) is 11.4 Å². The molecule has 0 bridgehead atoms. The van der Waals surface area contributed by atoms with E-state index in [2.05, 4.69) is 5.32 Å². The maximum atomic E-state index is 13.8. The van der Waals surface area contributed by atoms with Gasteiger partial charge in [-0.2, -0.15) is 0 Å². The van der Waals surface area contributed by atoms with Crippen molar-refractivity contribution in [3.05, 3.63) is 35.6 Å². The zero-order chi connectivity index (χ0) is 14.0. The van der Waals surface area contributed by atoms with Crippen molar-refractivity contribution in [3.63, 3.8) is 0 Å². The summed E-state index contributed by atoms with van der Waals surface area (Å²) in [6, 6.07) is 5.38. The molecule has 0 saturated carbocycles. The quantitative estimate of drug-likeness (QED) is 0.834. The van der Waals surface area contributed by atoms with Gasteiger partial charge in [-0.3, -0.25) is 9.69 Å². The van der Waals surface area contributed by atoms with E-state index < -0.39 is 23.3 Å². The maximum Gasteiger partial charge on any atom is 0.325 e. The number of nitrogens with one attached hydrogen (secondary N) is 1. The maximum absolute atomic E-state index is 13.8. The minimum Gasteiger partial charge on any atom is -0.383 e. The summed E-state index contributed by atoms with van der Waals surface area (Å²) < 4.78 is 18.7. The second kappa shape index (κ2) is 4.97. The molecular formula is C13H15FN2O3. The summed E-state index contributed by atoms with van der Waals surface area (Å²) in [5.74, 6) is -0.994. The van der Waals surface area contributed by atoms with Crippen LogP contribution in [0.1, 0.15) is 12.5 Å². The first-order valence-electron chi connectivity index (χ1n) is 5.88. The average Bonchev–Trinajstić information content (AvgIpc) is 2.59. The van der Waals surface area contributed by atoms with Gasteiger partial charge in [0.25, 0.3) is 5.91 Å². The standard InChI is InChI=1S/C13H15FN2O3/c1-13(9-5-3-4-6-10(9)14)11(17)16(7-8-19-2)12(18)15-13/h3-6H,7-8H2,1-2H3,(H,15,18). The molecule has 1 atom stereocenters. The predicted octanol–water partition coefficient (Wildman–Crippen LogP) is 1.24. The molecule has 0 aromatic heterocycles. The SMILES string of the molecule is COCCN1C(=O)NC(C)(c2ccccc2F)C1=O. The number of methoxy groups -OCH3 is 1. The third-order valence-corrected chi connectivity index (χ3v) is 3.21.